The molecule has 0 aliphatic rings. The molecule has 0 unspecified atom stereocenters. The molecule has 0 spiro atoms. The minimum atomic E-state index is -0.173. The summed E-state index contributed by atoms with van der Waals surface area (Å²) >= 11 is -0.173. The van der Waals surface area contributed by atoms with E-state index in [4.69, 9.17) is 4.74 Å². The van der Waals surface area contributed by atoms with Crippen molar-refractivity contribution in [3.63, 3.8) is 0 Å². The average molecular weight is 353 g/mol. The highest BCUT2D eigenvalue weighted by molar-refractivity contribution is 5.21. The highest BCUT2D eigenvalue weighted by atomic mass is 127. The van der Waals surface area contributed by atoms with Crippen molar-refractivity contribution >= 4 is 0 Å². The lowest BCUT2D eigenvalue weighted by Crippen LogP contribution is -3.61. The van der Waals surface area contributed by atoms with Gasteiger partial charge in [0.2, 0.25) is 3.57 Å². The Morgan fingerprint density at radius 1 is 0.833 bits per heavy atom. The van der Waals surface area contributed by atoms with E-state index in [1.54, 1.807) is 0 Å². The predicted molar refractivity (Wildman–Crippen MR) is 70.7 cm³/mol. The summed E-state index contributed by atoms with van der Waals surface area (Å²) < 4.78 is 8.80. The number of para-hydroxylation sites is 1. The molecule has 2 aromatic carbocycles. The van der Waals surface area contributed by atoms with Crippen molar-refractivity contribution in [3.8, 4) is 5.75 Å². The highest BCUT2D eigenvalue weighted by Crippen LogP contribution is 2.16. The Morgan fingerprint density at radius 2 is 1.44 bits per heavy atom. The molecule has 0 bridgehead atoms. The number of hydrogen-bond donors (Lipinski definition) is 0. The van der Waals surface area contributed by atoms with Gasteiger partial charge in [-0.2, -0.15) is 0 Å². The zero-order valence-electron chi connectivity index (χ0n) is 11.0. The summed E-state index contributed by atoms with van der Waals surface area (Å²) in [5, 5.41) is 0. The molecule has 0 atom stereocenters. The number of halogens is 1. The van der Waals surface area contributed by atoms with Crippen LogP contribution in [0.2, 0.25) is 0 Å². The zero-order chi connectivity index (χ0) is 13.0. The molecule has 0 fully saturated rings. The smallest absolute Gasteiger partial charge is 0.362 e. The van der Waals surface area contributed by atoms with E-state index in [-0.39, 0.29) is 26.8 Å². The first-order valence-electron chi connectivity index (χ1n) is 6.02. The minimum absolute atomic E-state index is 0.142. The molecule has 0 N–H and O–H groups in total. The molecule has 0 heterocycles. The lowest BCUT2D eigenvalue weighted by Gasteiger charge is -2.20. The summed E-state index contributed by atoms with van der Waals surface area (Å²) in [5.74, 6) is 1.03. The maximum atomic E-state index is 6.03. The zero-order valence-corrected chi connectivity index (χ0v) is 13.1. The van der Waals surface area contributed by atoms with Gasteiger partial charge in [0.1, 0.15) is 5.60 Å². The summed E-state index contributed by atoms with van der Waals surface area (Å²) in [6.07, 6.45) is 0. The van der Waals surface area contributed by atoms with Crippen LogP contribution in [0, 0.1) is 7.14 Å². The molecule has 94 valence electrons. The van der Waals surface area contributed by atoms with Crippen LogP contribution in [0.1, 0.15) is 20.8 Å². The Hall–Kier alpha value is -1.03. The van der Waals surface area contributed by atoms with E-state index in [1.165, 1.54) is 7.14 Å². The van der Waals surface area contributed by atoms with Crippen molar-refractivity contribution in [1.29, 1.82) is 0 Å². The third kappa shape index (κ3) is 4.02. The summed E-state index contributed by atoms with van der Waals surface area (Å²) in [6, 6.07) is 19.0. The molecule has 0 aliphatic carbocycles. The maximum absolute atomic E-state index is 6.03. The second-order valence-corrected chi connectivity index (χ2v) is 7.98. The van der Waals surface area contributed by atoms with E-state index in [2.05, 4.69) is 69.3 Å². The normalized spacial score (nSPS) is 11.3. The monoisotopic (exact) mass is 353 g/mol. The predicted octanol–water partition coefficient (Wildman–Crippen LogP) is 0.992. The summed E-state index contributed by atoms with van der Waals surface area (Å²) in [6.45, 7) is 6.26. The topological polar surface area (TPSA) is 9.23 Å². The van der Waals surface area contributed by atoms with Crippen LogP contribution >= 0.6 is 0 Å². The molecule has 18 heavy (non-hydrogen) atoms. The van der Waals surface area contributed by atoms with Crippen molar-refractivity contribution in [2.24, 2.45) is 0 Å². The summed E-state index contributed by atoms with van der Waals surface area (Å²) in [4.78, 5) is 0. The van der Waals surface area contributed by atoms with Gasteiger partial charge in [-0.1, -0.05) is 30.3 Å². The fraction of sp³-hybridized carbons (Fsp3) is 0.250. The van der Waals surface area contributed by atoms with Gasteiger partial charge in [-0.3, -0.25) is 0 Å². The van der Waals surface area contributed by atoms with E-state index in [0.717, 1.165) is 5.75 Å². The molecule has 2 aromatic rings. The van der Waals surface area contributed by atoms with Gasteiger partial charge in [0.25, 0.3) is 0 Å². The van der Waals surface area contributed by atoms with Crippen LogP contribution in [-0.2, 0) is 0 Å². The Bertz CT molecular complexity index is 500. The van der Waals surface area contributed by atoms with Crippen LogP contribution in [0.3, 0.4) is 0 Å². The fourth-order valence-corrected chi connectivity index (χ4v) is 3.92. The van der Waals surface area contributed by atoms with E-state index in [9.17, 15) is 0 Å². The highest BCUT2D eigenvalue weighted by Gasteiger charge is 2.23. The van der Waals surface area contributed by atoms with Gasteiger partial charge in [0.05, 0.1) is 0 Å². The maximum Gasteiger partial charge on any atom is 0.362 e. The van der Waals surface area contributed by atoms with Crippen molar-refractivity contribution in [2.45, 2.75) is 26.4 Å². The second kappa shape index (κ2) is 5.74. The van der Waals surface area contributed by atoms with Crippen molar-refractivity contribution in [1.82, 2.24) is 0 Å². The molecule has 0 saturated heterocycles. The van der Waals surface area contributed by atoms with Crippen LogP contribution in [0.5, 0.6) is 5.75 Å². The fourth-order valence-electron chi connectivity index (χ4n) is 1.53. The first-order chi connectivity index (χ1) is 8.54. The molecule has 0 aliphatic heterocycles. The number of rotatable bonds is 3. The van der Waals surface area contributed by atoms with Gasteiger partial charge in [-0.25, -0.2) is 0 Å². The van der Waals surface area contributed by atoms with E-state index in [1.807, 2.05) is 6.07 Å². The quantitative estimate of drug-likeness (QED) is 0.748. The summed E-state index contributed by atoms with van der Waals surface area (Å²) in [5.41, 5.74) is -0.142. The Balaban J connectivity index is 2.23. The average Bonchev–Trinajstić information content (AvgIpc) is 2.31. The molecule has 0 aromatic heterocycles. The molecule has 2 rings (SSSR count). The third-order valence-corrected chi connectivity index (χ3v) is 5.01. The van der Waals surface area contributed by atoms with Crippen molar-refractivity contribution < 1.29 is 25.9 Å². The largest absolute Gasteiger partial charge is 0.483 e. The molecular weight excluding hydrogens is 335 g/mol. The SMILES string of the molecule is CC(C)(C)Oc1ccccc1[I+]c1ccccc1. The standard InChI is InChI=1S/C16H18IO/c1-16(2,3)18-15-12-8-7-11-14(15)17-13-9-5-4-6-10-13/h4-12H,1-3H3/q+1. The van der Waals surface area contributed by atoms with Crippen LogP contribution in [0.15, 0.2) is 54.6 Å². The van der Waals surface area contributed by atoms with Crippen LogP contribution in [0.25, 0.3) is 0 Å². The molecule has 0 saturated carbocycles. The minimum Gasteiger partial charge on any atom is -0.483 e. The first kappa shape index (κ1) is 13.4. The number of benzene rings is 2. The molecule has 0 radical (unpaired) electrons. The van der Waals surface area contributed by atoms with Gasteiger partial charge < -0.3 is 4.74 Å². The summed E-state index contributed by atoms with van der Waals surface area (Å²) in [7, 11) is 0. The van der Waals surface area contributed by atoms with Crippen LogP contribution in [-0.4, -0.2) is 5.60 Å². The molecule has 1 nitrogen and oxygen atoms in total. The van der Waals surface area contributed by atoms with Gasteiger partial charge in [0.15, 0.2) is 9.32 Å². The molecule has 2 heteroatoms. The Kier molecular flexibility index (Phi) is 4.27. The van der Waals surface area contributed by atoms with E-state index >= 15 is 0 Å². The van der Waals surface area contributed by atoms with Crippen molar-refractivity contribution in [2.75, 3.05) is 0 Å². The Labute approximate surface area is 119 Å². The van der Waals surface area contributed by atoms with Gasteiger partial charge in [0, 0.05) is 0 Å². The van der Waals surface area contributed by atoms with Crippen LogP contribution in [0.4, 0.5) is 0 Å². The third-order valence-electron chi connectivity index (χ3n) is 2.20. The first-order valence-corrected chi connectivity index (χ1v) is 8.18. The second-order valence-electron chi connectivity index (χ2n) is 5.03. The van der Waals surface area contributed by atoms with Gasteiger partial charge in [-0.15, -0.1) is 0 Å². The Morgan fingerprint density at radius 3 is 2.11 bits per heavy atom. The van der Waals surface area contributed by atoms with Gasteiger partial charge >= 0.3 is 21.2 Å². The lowest BCUT2D eigenvalue weighted by molar-refractivity contribution is -0.598. The lowest BCUT2D eigenvalue weighted by atomic mass is 10.2. The van der Waals surface area contributed by atoms with Gasteiger partial charge in [-0.05, 0) is 45.0 Å². The number of ether oxygens (including phenoxy) is 1. The van der Waals surface area contributed by atoms with Crippen LogP contribution < -0.4 is 25.9 Å². The molecule has 0 amide bonds. The number of hydrogen-bond acceptors (Lipinski definition) is 1. The molecular formula is C16H18IO+. The van der Waals surface area contributed by atoms with Crippen molar-refractivity contribution in [3.05, 3.63) is 61.7 Å². The van der Waals surface area contributed by atoms with E-state index < -0.39 is 0 Å². The van der Waals surface area contributed by atoms with E-state index in [0.29, 0.717) is 0 Å².